The minimum atomic E-state index is -4.86. The van der Waals surface area contributed by atoms with Crippen molar-refractivity contribution in [1.29, 1.82) is 0 Å². The van der Waals surface area contributed by atoms with Gasteiger partial charge in [-0.2, -0.15) is 0 Å². The van der Waals surface area contributed by atoms with E-state index in [4.69, 9.17) is 11.6 Å². The standard InChI is InChI=1S/C32H27ClF3N3O4/c1-42-31(41)38-23-11-12-25-20-6-4-5-19(15-20)24(7-2-3-8-30(40)39-28(25)17-23)27-13-9-21(18-37-27)26-16-22(33)10-14-29(26)43-32(34,35)36/h4-6,9-18,24H,2-3,7-8H2,1H3,(H,38,41)(H,39,40). The van der Waals surface area contributed by atoms with Crippen LogP contribution < -0.4 is 15.4 Å². The van der Waals surface area contributed by atoms with Crippen LogP contribution in [0.1, 0.15) is 42.9 Å². The molecule has 0 saturated heterocycles. The topological polar surface area (TPSA) is 89.6 Å². The normalized spacial score (nSPS) is 15.3. The number of anilines is 2. The molecule has 1 aromatic heterocycles. The maximum Gasteiger partial charge on any atom is 0.573 e. The summed E-state index contributed by atoms with van der Waals surface area (Å²) in [5, 5.41) is 5.86. The van der Waals surface area contributed by atoms with Crippen molar-refractivity contribution < 1.29 is 32.2 Å². The summed E-state index contributed by atoms with van der Waals surface area (Å²) < 4.78 is 48.0. The first-order valence-corrected chi connectivity index (χ1v) is 13.9. The molecular formula is C32H27ClF3N3O4. The number of fused-ring (bicyclic) bond motifs is 4. The summed E-state index contributed by atoms with van der Waals surface area (Å²) in [6.07, 6.45) is -1.58. The summed E-state index contributed by atoms with van der Waals surface area (Å²) in [7, 11) is 1.27. The number of hydrogen-bond acceptors (Lipinski definition) is 5. The second-order valence-corrected chi connectivity index (χ2v) is 10.4. The second kappa shape index (κ2) is 12.7. The van der Waals surface area contributed by atoms with Crippen molar-refractivity contribution in [2.24, 2.45) is 0 Å². The fourth-order valence-electron chi connectivity index (χ4n) is 5.11. The predicted octanol–water partition coefficient (Wildman–Crippen LogP) is 8.79. The number of methoxy groups -OCH3 is 1. The number of carbonyl (C=O) groups is 2. The third-order valence-electron chi connectivity index (χ3n) is 7.09. The van der Waals surface area contributed by atoms with E-state index >= 15 is 0 Å². The minimum absolute atomic E-state index is 0.134. The molecule has 11 heteroatoms. The predicted molar refractivity (Wildman–Crippen MR) is 158 cm³/mol. The number of hydrogen-bond donors (Lipinski definition) is 2. The Morgan fingerprint density at radius 3 is 2.58 bits per heavy atom. The van der Waals surface area contributed by atoms with Crippen LogP contribution in [0.5, 0.6) is 5.75 Å². The second-order valence-electron chi connectivity index (χ2n) is 10.0. The molecule has 43 heavy (non-hydrogen) atoms. The highest BCUT2D eigenvalue weighted by Crippen LogP contribution is 2.39. The molecule has 1 aliphatic heterocycles. The number of nitrogens with one attached hydrogen (secondary N) is 2. The Labute approximate surface area is 251 Å². The highest BCUT2D eigenvalue weighted by Gasteiger charge is 2.32. The number of rotatable bonds is 4. The number of ether oxygens (including phenoxy) is 2. The highest BCUT2D eigenvalue weighted by atomic mass is 35.5. The number of aromatic nitrogens is 1. The fraction of sp³-hybridized carbons (Fsp3) is 0.219. The fourth-order valence-corrected chi connectivity index (χ4v) is 5.29. The number of alkyl halides is 3. The number of nitrogens with zero attached hydrogens (tertiary/aromatic N) is 1. The van der Waals surface area contributed by atoms with Crippen LogP contribution >= 0.6 is 11.6 Å². The molecule has 1 atom stereocenters. The van der Waals surface area contributed by atoms with E-state index in [9.17, 15) is 22.8 Å². The average molecular weight is 610 g/mol. The van der Waals surface area contributed by atoms with E-state index in [0.717, 1.165) is 28.8 Å². The van der Waals surface area contributed by atoms with Gasteiger partial charge in [0.05, 0.1) is 12.8 Å². The summed E-state index contributed by atoms with van der Waals surface area (Å²) in [4.78, 5) is 29.2. The van der Waals surface area contributed by atoms with Gasteiger partial charge in [0, 0.05) is 51.6 Å². The maximum atomic E-state index is 13.0. The molecule has 0 aliphatic carbocycles. The first-order valence-electron chi connectivity index (χ1n) is 13.5. The van der Waals surface area contributed by atoms with Gasteiger partial charge >= 0.3 is 12.5 Å². The van der Waals surface area contributed by atoms with Crippen molar-refractivity contribution in [2.75, 3.05) is 17.7 Å². The van der Waals surface area contributed by atoms with Crippen molar-refractivity contribution in [3.8, 4) is 28.0 Å². The smallest absolute Gasteiger partial charge is 0.453 e. The van der Waals surface area contributed by atoms with Crippen LogP contribution in [-0.2, 0) is 9.53 Å². The molecule has 0 fully saturated rings. The number of halogens is 4. The Kier molecular flexibility index (Phi) is 8.86. The summed E-state index contributed by atoms with van der Waals surface area (Å²) in [5.41, 5.74) is 4.98. The van der Waals surface area contributed by atoms with Crippen LogP contribution in [0.4, 0.5) is 29.3 Å². The molecule has 0 spiro atoms. The molecule has 3 aromatic carbocycles. The SMILES string of the molecule is COC(=O)Nc1ccc2c(c1)NC(=O)CCCCC(c1ccc(-c3cc(Cl)ccc3OC(F)(F)F)cn1)c1cccc-2c1. The largest absolute Gasteiger partial charge is 0.573 e. The molecule has 2 amide bonds. The summed E-state index contributed by atoms with van der Waals surface area (Å²) in [5.74, 6) is -0.650. The van der Waals surface area contributed by atoms with Crippen molar-refractivity contribution in [3.05, 3.63) is 95.3 Å². The van der Waals surface area contributed by atoms with E-state index in [-0.39, 0.29) is 28.2 Å². The van der Waals surface area contributed by atoms with Gasteiger partial charge in [-0.3, -0.25) is 15.1 Å². The zero-order chi connectivity index (χ0) is 30.6. The van der Waals surface area contributed by atoms with Gasteiger partial charge in [-0.05, 0) is 60.4 Å². The Hall–Kier alpha value is -4.57. The molecule has 4 aromatic rings. The van der Waals surface area contributed by atoms with Gasteiger partial charge < -0.3 is 14.8 Å². The lowest BCUT2D eigenvalue weighted by Crippen LogP contribution is -2.17. The molecule has 1 aliphatic rings. The summed E-state index contributed by atoms with van der Waals surface area (Å²) in [6.45, 7) is 0. The van der Waals surface area contributed by atoms with Crippen LogP contribution in [0.15, 0.2) is 79.0 Å². The van der Waals surface area contributed by atoms with Crippen LogP contribution in [0.3, 0.4) is 0 Å². The van der Waals surface area contributed by atoms with Gasteiger partial charge in [-0.15, -0.1) is 13.2 Å². The van der Waals surface area contributed by atoms with Crippen molar-refractivity contribution in [2.45, 2.75) is 38.0 Å². The van der Waals surface area contributed by atoms with E-state index in [1.165, 1.54) is 31.5 Å². The van der Waals surface area contributed by atoms with Gasteiger partial charge in [0.1, 0.15) is 5.75 Å². The lowest BCUT2D eigenvalue weighted by atomic mass is 9.87. The van der Waals surface area contributed by atoms with Crippen LogP contribution in [0, 0.1) is 0 Å². The molecule has 7 nitrogen and oxygen atoms in total. The van der Waals surface area contributed by atoms with Crippen LogP contribution in [-0.4, -0.2) is 30.5 Å². The minimum Gasteiger partial charge on any atom is -0.453 e. The number of carbonyl (C=O) groups excluding carboxylic acids is 2. The lowest BCUT2D eigenvalue weighted by molar-refractivity contribution is -0.274. The molecule has 2 bridgehead atoms. The lowest BCUT2D eigenvalue weighted by Gasteiger charge is -2.21. The Morgan fingerprint density at radius 2 is 1.84 bits per heavy atom. The highest BCUT2D eigenvalue weighted by molar-refractivity contribution is 6.31. The molecular weight excluding hydrogens is 583 g/mol. The van der Waals surface area contributed by atoms with E-state index in [1.807, 2.05) is 30.3 Å². The van der Waals surface area contributed by atoms with Crippen LogP contribution in [0.2, 0.25) is 5.02 Å². The first kappa shape index (κ1) is 29.9. The number of benzene rings is 3. The van der Waals surface area contributed by atoms with Gasteiger partial charge in [0.25, 0.3) is 0 Å². The van der Waals surface area contributed by atoms with Crippen LogP contribution in [0.25, 0.3) is 22.3 Å². The van der Waals surface area contributed by atoms with Crippen molar-refractivity contribution in [3.63, 3.8) is 0 Å². The zero-order valence-electron chi connectivity index (χ0n) is 23.0. The molecule has 222 valence electrons. The Balaban J connectivity index is 1.51. The molecule has 1 unspecified atom stereocenters. The summed E-state index contributed by atoms with van der Waals surface area (Å²) in [6, 6.07) is 20.6. The third kappa shape index (κ3) is 7.45. The third-order valence-corrected chi connectivity index (χ3v) is 7.33. The molecule has 0 radical (unpaired) electrons. The maximum absolute atomic E-state index is 13.0. The number of pyridine rings is 1. The molecule has 0 saturated carbocycles. The Morgan fingerprint density at radius 1 is 1.00 bits per heavy atom. The van der Waals surface area contributed by atoms with Gasteiger partial charge in [0.15, 0.2) is 0 Å². The molecule has 2 N–H and O–H groups in total. The Bertz CT molecular complexity index is 1640. The summed E-state index contributed by atoms with van der Waals surface area (Å²) >= 11 is 6.09. The van der Waals surface area contributed by atoms with E-state index in [2.05, 4.69) is 25.1 Å². The van der Waals surface area contributed by atoms with E-state index < -0.39 is 12.5 Å². The molecule has 5 rings (SSSR count). The monoisotopic (exact) mass is 609 g/mol. The average Bonchev–Trinajstić information content (AvgIpc) is 2.97. The number of amides is 2. The van der Waals surface area contributed by atoms with Gasteiger partial charge in [0.2, 0.25) is 5.91 Å². The van der Waals surface area contributed by atoms with E-state index in [0.29, 0.717) is 36.2 Å². The first-order chi connectivity index (χ1) is 20.6. The van der Waals surface area contributed by atoms with E-state index in [1.54, 1.807) is 24.3 Å². The zero-order valence-corrected chi connectivity index (χ0v) is 23.8. The quantitative estimate of drug-likeness (QED) is 0.241. The van der Waals surface area contributed by atoms with Gasteiger partial charge in [-0.25, -0.2) is 4.79 Å². The van der Waals surface area contributed by atoms with Gasteiger partial charge in [-0.1, -0.05) is 54.4 Å². The van der Waals surface area contributed by atoms with Crippen molar-refractivity contribution >= 4 is 35.0 Å². The molecule has 2 heterocycles. The van der Waals surface area contributed by atoms with Crippen molar-refractivity contribution in [1.82, 2.24) is 4.98 Å².